The minimum absolute atomic E-state index is 0.591. The van der Waals surface area contributed by atoms with Gasteiger partial charge in [0.05, 0.1) is 0 Å². The zero-order valence-electron chi connectivity index (χ0n) is 13.0. The van der Waals surface area contributed by atoms with Crippen molar-refractivity contribution < 1.29 is 0 Å². The molecule has 1 aromatic rings. The molecule has 2 nitrogen and oxygen atoms in total. The smallest absolute Gasteiger partial charge is 0.0476 e. The molecular weight excluding hydrogens is 244 g/mol. The van der Waals surface area contributed by atoms with E-state index in [0.717, 1.165) is 12.0 Å². The van der Waals surface area contributed by atoms with E-state index in [0.29, 0.717) is 6.04 Å². The fourth-order valence-corrected chi connectivity index (χ4v) is 3.90. The van der Waals surface area contributed by atoms with Gasteiger partial charge in [-0.05, 0) is 30.9 Å². The van der Waals surface area contributed by atoms with Crippen LogP contribution in [-0.4, -0.2) is 42.0 Å². The fraction of sp³-hybridized carbons (Fsp3) is 0.667. The number of benzene rings is 1. The summed E-state index contributed by atoms with van der Waals surface area (Å²) in [5, 5.41) is 0. The molecule has 3 rings (SSSR count). The van der Waals surface area contributed by atoms with Gasteiger partial charge in [-0.1, -0.05) is 50.6 Å². The maximum absolute atomic E-state index is 2.75. The lowest BCUT2D eigenvalue weighted by molar-refractivity contribution is 0.00252. The van der Waals surface area contributed by atoms with Crippen LogP contribution in [0.4, 0.5) is 0 Å². The van der Waals surface area contributed by atoms with Gasteiger partial charge in [0.25, 0.3) is 0 Å². The van der Waals surface area contributed by atoms with Crippen molar-refractivity contribution in [2.45, 2.75) is 45.2 Å². The highest BCUT2D eigenvalue weighted by Gasteiger charge is 2.35. The number of piperidine rings is 1. The molecule has 2 aliphatic heterocycles. The number of piperazine rings is 1. The summed E-state index contributed by atoms with van der Waals surface area (Å²) < 4.78 is 0. The molecular formula is C18H28N2. The molecule has 0 aromatic heterocycles. The lowest BCUT2D eigenvalue weighted by Gasteiger charge is -2.49. The van der Waals surface area contributed by atoms with Gasteiger partial charge in [0, 0.05) is 31.7 Å². The van der Waals surface area contributed by atoms with Crippen LogP contribution in [0.25, 0.3) is 0 Å². The molecule has 2 unspecified atom stereocenters. The Morgan fingerprint density at radius 1 is 1.10 bits per heavy atom. The van der Waals surface area contributed by atoms with Gasteiger partial charge in [-0.3, -0.25) is 9.80 Å². The predicted octanol–water partition coefficient (Wildman–Crippen LogP) is 3.55. The second-order valence-electron chi connectivity index (χ2n) is 6.92. The average Bonchev–Trinajstić information content (AvgIpc) is 2.47. The van der Waals surface area contributed by atoms with E-state index < -0.39 is 0 Å². The lowest BCUT2D eigenvalue weighted by atomic mass is 9.93. The largest absolute Gasteiger partial charge is 0.297 e. The number of hydrogen-bond donors (Lipinski definition) is 0. The summed E-state index contributed by atoms with van der Waals surface area (Å²) in [6.07, 6.45) is 4.21. The van der Waals surface area contributed by atoms with Gasteiger partial charge >= 0.3 is 0 Å². The lowest BCUT2D eigenvalue weighted by Crippen LogP contribution is -2.56. The van der Waals surface area contributed by atoms with Crippen molar-refractivity contribution in [3.63, 3.8) is 0 Å². The van der Waals surface area contributed by atoms with E-state index in [1.165, 1.54) is 51.0 Å². The van der Waals surface area contributed by atoms with Crippen molar-refractivity contribution in [3.05, 3.63) is 35.9 Å². The summed E-state index contributed by atoms with van der Waals surface area (Å²) in [6.45, 7) is 9.71. The Morgan fingerprint density at radius 2 is 1.90 bits per heavy atom. The Hall–Kier alpha value is -0.860. The Kier molecular flexibility index (Phi) is 4.42. The van der Waals surface area contributed by atoms with Gasteiger partial charge in [0.1, 0.15) is 0 Å². The zero-order chi connectivity index (χ0) is 13.9. The monoisotopic (exact) mass is 272 g/mol. The van der Waals surface area contributed by atoms with E-state index in [1.54, 1.807) is 0 Å². The highest BCUT2D eigenvalue weighted by molar-refractivity contribution is 5.20. The van der Waals surface area contributed by atoms with Gasteiger partial charge in [0.15, 0.2) is 0 Å². The summed E-state index contributed by atoms with van der Waals surface area (Å²) >= 11 is 0. The Balaban J connectivity index is 1.80. The van der Waals surface area contributed by atoms with Crippen LogP contribution >= 0.6 is 0 Å². The molecule has 0 bridgehead atoms. The summed E-state index contributed by atoms with van der Waals surface area (Å²) in [7, 11) is 0. The molecule has 2 atom stereocenters. The van der Waals surface area contributed by atoms with E-state index in [9.17, 15) is 0 Å². The van der Waals surface area contributed by atoms with Crippen LogP contribution in [0.5, 0.6) is 0 Å². The van der Waals surface area contributed by atoms with Crippen LogP contribution < -0.4 is 0 Å². The van der Waals surface area contributed by atoms with Crippen molar-refractivity contribution in [2.75, 3.05) is 26.2 Å². The summed E-state index contributed by atoms with van der Waals surface area (Å²) in [6, 6.07) is 12.5. The van der Waals surface area contributed by atoms with Crippen LogP contribution in [0.15, 0.2) is 30.3 Å². The van der Waals surface area contributed by atoms with E-state index in [4.69, 9.17) is 0 Å². The molecule has 0 spiro atoms. The summed E-state index contributed by atoms with van der Waals surface area (Å²) in [5.41, 5.74) is 1.50. The Morgan fingerprint density at radius 3 is 2.65 bits per heavy atom. The average molecular weight is 272 g/mol. The van der Waals surface area contributed by atoms with Crippen molar-refractivity contribution in [1.82, 2.24) is 9.80 Å². The normalized spacial score (nSPS) is 28.6. The van der Waals surface area contributed by atoms with Crippen molar-refractivity contribution >= 4 is 0 Å². The maximum Gasteiger partial charge on any atom is 0.0476 e. The Bertz CT molecular complexity index is 415. The van der Waals surface area contributed by atoms with Gasteiger partial charge in [-0.2, -0.15) is 0 Å². The number of nitrogens with zero attached hydrogens (tertiary/aromatic N) is 2. The van der Waals surface area contributed by atoms with Crippen LogP contribution in [0.2, 0.25) is 0 Å². The molecule has 2 saturated heterocycles. The highest BCUT2D eigenvalue weighted by Crippen LogP contribution is 2.32. The molecule has 2 aliphatic rings. The Labute approximate surface area is 123 Å². The quantitative estimate of drug-likeness (QED) is 0.830. The number of rotatable bonds is 3. The molecule has 0 radical (unpaired) electrons. The molecule has 0 aliphatic carbocycles. The first kappa shape index (κ1) is 14.1. The third kappa shape index (κ3) is 3.07. The first-order chi connectivity index (χ1) is 9.74. The SMILES string of the molecule is CC(C)CN1CC2CCCCN2CC1c1ccccc1. The molecule has 1 aromatic carbocycles. The van der Waals surface area contributed by atoms with E-state index in [2.05, 4.69) is 54.0 Å². The third-order valence-corrected chi connectivity index (χ3v) is 4.83. The van der Waals surface area contributed by atoms with Crippen molar-refractivity contribution in [3.8, 4) is 0 Å². The minimum Gasteiger partial charge on any atom is -0.297 e. The third-order valence-electron chi connectivity index (χ3n) is 4.83. The molecule has 0 N–H and O–H groups in total. The first-order valence-electron chi connectivity index (χ1n) is 8.27. The topological polar surface area (TPSA) is 6.48 Å². The molecule has 2 fully saturated rings. The van der Waals surface area contributed by atoms with Crippen LogP contribution in [0.1, 0.15) is 44.7 Å². The molecule has 0 saturated carbocycles. The van der Waals surface area contributed by atoms with Crippen molar-refractivity contribution in [2.24, 2.45) is 5.92 Å². The predicted molar refractivity (Wildman–Crippen MR) is 84.8 cm³/mol. The first-order valence-corrected chi connectivity index (χ1v) is 8.27. The molecule has 0 amide bonds. The second kappa shape index (κ2) is 6.28. The molecule has 110 valence electrons. The zero-order valence-corrected chi connectivity index (χ0v) is 13.0. The van der Waals surface area contributed by atoms with E-state index in [-0.39, 0.29) is 0 Å². The van der Waals surface area contributed by atoms with E-state index >= 15 is 0 Å². The van der Waals surface area contributed by atoms with Gasteiger partial charge in [-0.25, -0.2) is 0 Å². The summed E-state index contributed by atoms with van der Waals surface area (Å²) in [5.74, 6) is 0.747. The standard InChI is InChI=1S/C18H28N2/c1-15(2)12-20-13-17-10-6-7-11-19(17)14-18(20)16-8-4-3-5-9-16/h3-5,8-9,15,17-18H,6-7,10-14H2,1-2H3. The van der Waals surface area contributed by atoms with Crippen molar-refractivity contribution in [1.29, 1.82) is 0 Å². The number of fused-ring (bicyclic) bond motifs is 1. The highest BCUT2D eigenvalue weighted by atomic mass is 15.3. The molecule has 20 heavy (non-hydrogen) atoms. The molecule has 2 heteroatoms. The van der Waals surface area contributed by atoms with Crippen LogP contribution in [-0.2, 0) is 0 Å². The van der Waals surface area contributed by atoms with Crippen LogP contribution in [0.3, 0.4) is 0 Å². The second-order valence-corrected chi connectivity index (χ2v) is 6.92. The van der Waals surface area contributed by atoms with E-state index in [1.807, 2.05) is 0 Å². The number of hydrogen-bond acceptors (Lipinski definition) is 2. The molecule has 2 heterocycles. The summed E-state index contributed by atoms with van der Waals surface area (Å²) in [4.78, 5) is 5.49. The minimum atomic E-state index is 0.591. The van der Waals surface area contributed by atoms with Gasteiger partial charge < -0.3 is 0 Å². The van der Waals surface area contributed by atoms with Gasteiger partial charge in [0.2, 0.25) is 0 Å². The fourth-order valence-electron chi connectivity index (χ4n) is 3.90. The van der Waals surface area contributed by atoms with Crippen LogP contribution in [0, 0.1) is 5.92 Å². The van der Waals surface area contributed by atoms with Gasteiger partial charge in [-0.15, -0.1) is 0 Å². The maximum atomic E-state index is 2.75.